The van der Waals surface area contributed by atoms with Crippen LogP contribution in [0.2, 0.25) is 0 Å². The van der Waals surface area contributed by atoms with Crippen LogP contribution in [0.4, 0.5) is 0 Å². The van der Waals surface area contributed by atoms with Crippen LogP contribution in [0.1, 0.15) is 34.1 Å². The molecule has 0 spiro atoms. The summed E-state index contributed by atoms with van der Waals surface area (Å²) >= 11 is 0. The molecule has 0 aliphatic heterocycles. The fourth-order valence-corrected chi connectivity index (χ4v) is 1.08. The van der Waals surface area contributed by atoms with Gasteiger partial charge in [-0.05, 0) is 11.8 Å². The van der Waals surface area contributed by atoms with Gasteiger partial charge in [-0.1, -0.05) is 27.7 Å². The maximum Gasteiger partial charge on any atom is 0.249 e. The van der Waals surface area contributed by atoms with Gasteiger partial charge in [-0.3, -0.25) is 9.59 Å². The number of rotatable bonds is 7. The zero-order chi connectivity index (χ0) is 13.4. The van der Waals surface area contributed by atoms with Crippen LogP contribution in [0.15, 0.2) is 0 Å². The Kier molecular flexibility index (Phi) is 7.54. The van der Waals surface area contributed by atoms with Gasteiger partial charge >= 0.3 is 0 Å². The first-order chi connectivity index (χ1) is 7.82. The average molecular weight is 244 g/mol. The van der Waals surface area contributed by atoms with Crippen LogP contribution in [0.25, 0.3) is 0 Å². The molecule has 0 saturated carbocycles. The quantitative estimate of drug-likeness (QED) is 0.602. The number of aliphatic hydroxyl groups is 1. The predicted molar refractivity (Wildman–Crippen MR) is 66.3 cm³/mol. The summed E-state index contributed by atoms with van der Waals surface area (Å²) in [5, 5.41) is 14.7. The van der Waals surface area contributed by atoms with Crippen molar-refractivity contribution in [1.29, 1.82) is 0 Å². The molecule has 0 bridgehead atoms. The van der Waals surface area contributed by atoms with Crippen LogP contribution in [-0.4, -0.2) is 36.1 Å². The summed E-state index contributed by atoms with van der Waals surface area (Å²) in [6, 6.07) is 0. The molecular weight excluding hydrogens is 220 g/mol. The summed E-state index contributed by atoms with van der Waals surface area (Å²) in [4.78, 5) is 22.7. The normalized spacial score (nSPS) is 12.6. The summed E-state index contributed by atoms with van der Waals surface area (Å²) in [7, 11) is 0. The maximum absolute atomic E-state index is 11.4. The van der Waals surface area contributed by atoms with Gasteiger partial charge in [0.05, 0.1) is 6.42 Å². The van der Waals surface area contributed by atoms with Crippen LogP contribution in [0.3, 0.4) is 0 Å². The molecule has 5 heteroatoms. The first kappa shape index (κ1) is 15.9. The van der Waals surface area contributed by atoms with E-state index in [0.29, 0.717) is 24.9 Å². The van der Waals surface area contributed by atoms with E-state index in [-0.39, 0.29) is 12.3 Å². The molecule has 0 aromatic heterocycles. The largest absolute Gasteiger partial charge is 0.383 e. The maximum atomic E-state index is 11.4. The predicted octanol–water partition coefficient (Wildman–Crippen LogP) is 0.282. The summed E-state index contributed by atoms with van der Waals surface area (Å²) in [6.07, 6.45) is -1.45. The molecule has 3 N–H and O–H groups in total. The Hall–Kier alpha value is -1.10. The van der Waals surface area contributed by atoms with Gasteiger partial charge in [0.25, 0.3) is 0 Å². The van der Waals surface area contributed by atoms with E-state index < -0.39 is 12.0 Å². The number of hydrogen-bond donors (Lipinski definition) is 3. The minimum Gasteiger partial charge on any atom is -0.383 e. The number of carbonyl (C=O) groups is 2. The molecule has 5 nitrogen and oxygen atoms in total. The molecule has 2 amide bonds. The summed E-state index contributed by atoms with van der Waals surface area (Å²) in [5.74, 6) is -0.115. The minimum atomic E-state index is -1.26. The average Bonchev–Trinajstić information content (AvgIpc) is 2.22. The number of carbonyl (C=O) groups excluding carboxylic acids is 2. The lowest BCUT2D eigenvalue weighted by Crippen LogP contribution is -2.40. The first-order valence-corrected chi connectivity index (χ1v) is 6.05. The molecule has 0 heterocycles. The van der Waals surface area contributed by atoms with Crippen LogP contribution in [0, 0.1) is 11.8 Å². The van der Waals surface area contributed by atoms with Gasteiger partial charge in [0.1, 0.15) is 6.10 Å². The van der Waals surface area contributed by atoms with Crippen molar-refractivity contribution in [1.82, 2.24) is 10.6 Å². The number of nitrogens with one attached hydrogen (secondary N) is 2. The first-order valence-electron chi connectivity index (χ1n) is 6.05. The van der Waals surface area contributed by atoms with E-state index in [1.54, 1.807) is 0 Å². The Balaban J connectivity index is 3.86. The van der Waals surface area contributed by atoms with Gasteiger partial charge in [0, 0.05) is 13.1 Å². The Morgan fingerprint density at radius 3 is 1.94 bits per heavy atom. The fraction of sp³-hybridized carbons (Fsp3) is 0.833. The van der Waals surface area contributed by atoms with Crippen molar-refractivity contribution in [2.45, 2.75) is 40.2 Å². The van der Waals surface area contributed by atoms with Gasteiger partial charge in [-0.15, -0.1) is 0 Å². The topological polar surface area (TPSA) is 78.4 Å². The van der Waals surface area contributed by atoms with Gasteiger partial charge in [0.15, 0.2) is 0 Å². The molecule has 17 heavy (non-hydrogen) atoms. The molecule has 0 aromatic rings. The van der Waals surface area contributed by atoms with Crippen molar-refractivity contribution < 1.29 is 14.7 Å². The number of aliphatic hydroxyl groups excluding tert-OH is 1. The van der Waals surface area contributed by atoms with Crippen molar-refractivity contribution in [3.63, 3.8) is 0 Å². The summed E-state index contributed by atoms with van der Waals surface area (Å²) in [5.41, 5.74) is 0. The van der Waals surface area contributed by atoms with E-state index in [4.69, 9.17) is 0 Å². The lowest BCUT2D eigenvalue weighted by molar-refractivity contribution is -0.134. The molecule has 0 saturated heterocycles. The van der Waals surface area contributed by atoms with Gasteiger partial charge < -0.3 is 15.7 Å². The van der Waals surface area contributed by atoms with E-state index in [1.165, 1.54) is 0 Å². The lowest BCUT2D eigenvalue weighted by Gasteiger charge is -2.13. The minimum absolute atomic E-state index is 0.184. The third-order valence-corrected chi connectivity index (χ3v) is 2.07. The highest BCUT2D eigenvalue weighted by Crippen LogP contribution is 1.95. The van der Waals surface area contributed by atoms with Crippen LogP contribution >= 0.6 is 0 Å². The van der Waals surface area contributed by atoms with E-state index in [2.05, 4.69) is 10.6 Å². The molecule has 0 radical (unpaired) electrons. The van der Waals surface area contributed by atoms with E-state index in [1.807, 2.05) is 27.7 Å². The Bertz CT molecular complexity index is 252. The molecule has 0 fully saturated rings. The van der Waals surface area contributed by atoms with E-state index >= 15 is 0 Å². The number of amides is 2. The second-order valence-electron chi connectivity index (χ2n) is 5.06. The standard InChI is InChI=1S/C12H24N2O3/c1-8(2)6-13-11(16)5-10(15)12(17)14-7-9(3)4/h8-10,15H,5-7H2,1-4H3,(H,13,16)(H,14,17)/t10-/m1/s1. The van der Waals surface area contributed by atoms with Gasteiger partial charge in [-0.25, -0.2) is 0 Å². The Morgan fingerprint density at radius 1 is 1.00 bits per heavy atom. The third-order valence-electron chi connectivity index (χ3n) is 2.07. The van der Waals surface area contributed by atoms with Crippen molar-refractivity contribution >= 4 is 11.8 Å². The fourth-order valence-electron chi connectivity index (χ4n) is 1.08. The summed E-state index contributed by atoms with van der Waals surface area (Å²) < 4.78 is 0. The van der Waals surface area contributed by atoms with Gasteiger partial charge in [0.2, 0.25) is 11.8 Å². The molecule has 0 aliphatic rings. The highest BCUT2D eigenvalue weighted by molar-refractivity contribution is 5.87. The van der Waals surface area contributed by atoms with E-state index in [0.717, 1.165) is 0 Å². The smallest absolute Gasteiger partial charge is 0.249 e. The van der Waals surface area contributed by atoms with Gasteiger partial charge in [-0.2, -0.15) is 0 Å². The molecule has 0 aromatic carbocycles. The van der Waals surface area contributed by atoms with Crippen LogP contribution in [0.5, 0.6) is 0 Å². The second-order valence-corrected chi connectivity index (χ2v) is 5.06. The van der Waals surface area contributed by atoms with Crippen molar-refractivity contribution in [3.8, 4) is 0 Å². The van der Waals surface area contributed by atoms with Crippen molar-refractivity contribution in [3.05, 3.63) is 0 Å². The molecule has 1 atom stereocenters. The lowest BCUT2D eigenvalue weighted by atomic mass is 10.2. The van der Waals surface area contributed by atoms with Crippen LogP contribution < -0.4 is 10.6 Å². The Morgan fingerprint density at radius 2 is 1.47 bits per heavy atom. The second kappa shape index (κ2) is 8.06. The summed E-state index contributed by atoms with van der Waals surface area (Å²) in [6.45, 7) is 8.94. The number of hydrogen-bond acceptors (Lipinski definition) is 3. The van der Waals surface area contributed by atoms with Crippen LogP contribution in [-0.2, 0) is 9.59 Å². The zero-order valence-electron chi connectivity index (χ0n) is 11.1. The molecule has 0 aliphatic carbocycles. The third kappa shape index (κ3) is 8.68. The zero-order valence-corrected chi connectivity index (χ0v) is 11.1. The molecule has 100 valence electrons. The highest BCUT2D eigenvalue weighted by Gasteiger charge is 2.18. The Labute approximate surface area is 103 Å². The monoisotopic (exact) mass is 244 g/mol. The van der Waals surface area contributed by atoms with Crippen molar-refractivity contribution in [2.75, 3.05) is 13.1 Å². The molecular formula is C12H24N2O3. The molecule has 0 unspecified atom stereocenters. The van der Waals surface area contributed by atoms with Crippen molar-refractivity contribution in [2.24, 2.45) is 11.8 Å². The highest BCUT2D eigenvalue weighted by atomic mass is 16.3. The SMILES string of the molecule is CC(C)CNC(=O)C[C@@H](O)C(=O)NCC(C)C. The van der Waals surface area contributed by atoms with E-state index in [9.17, 15) is 14.7 Å². The molecule has 0 rings (SSSR count).